The fourth-order valence-corrected chi connectivity index (χ4v) is 2.51. The highest BCUT2D eigenvalue weighted by Crippen LogP contribution is 2.35. The van der Waals surface area contributed by atoms with Crippen LogP contribution in [0.3, 0.4) is 0 Å². The Morgan fingerprint density at radius 1 is 1.17 bits per heavy atom. The zero-order valence-electron chi connectivity index (χ0n) is 11.3. The molecule has 1 aromatic rings. The average Bonchev–Trinajstić information content (AvgIpc) is 2.39. The molecule has 0 spiro atoms. The Kier molecular flexibility index (Phi) is 5.76. The van der Waals surface area contributed by atoms with E-state index in [-0.39, 0.29) is 12.4 Å². The number of rotatable bonds is 3. The Morgan fingerprint density at radius 3 is 2.44 bits per heavy atom. The normalized spacial score (nSPS) is 18.9. The second kappa shape index (κ2) is 6.86. The smallest absolute Gasteiger partial charge is 0.122 e. The van der Waals surface area contributed by atoms with Gasteiger partial charge in [-0.05, 0) is 44.0 Å². The van der Waals surface area contributed by atoms with Crippen molar-refractivity contribution in [3.63, 3.8) is 0 Å². The molecule has 0 unspecified atom stereocenters. The van der Waals surface area contributed by atoms with Crippen molar-refractivity contribution < 1.29 is 9.47 Å². The Hall–Kier alpha value is -0.930. The maximum atomic E-state index is 5.50. The number of nitrogens with one attached hydrogen (secondary N) is 1. The molecule has 0 aromatic heterocycles. The van der Waals surface area contributed by atoms with Gasteiger partial charge in [0, 0.05) is 18.0 Å². The summed E-state index contributed by atoms with van der Waals surface area (Å²) in [5.74, 6) is 2.47. The summed E-state index contributed by atoms with van der Waals surface area (Å²) in [6.45, 7) is 4.20. The van der Waals surface area contributed by atoms with Crippen molar-refractivity contribution in [1.29, 1.82) is 0 Å². The van der Waals surface area contributed by atoms with Gasteiger partial charge in [-0.25, -0.2) is 0 Å². The summed E-state index contributed by atoms with van der Waals surface area (Å²) in [7, 11) is 3.46. The molecule has 1 fully saturated rings. The molecule has 102 valence electrons. The van der Waals surface area contributed by atoms with Crippen LogP contribution in [0.4, 0.5) is 0 Å². The molecule has 1 aliphatic rings. The predicted octanol–water partition coefficient (Wildman–Crippen LogP) is 2.90. The van der Waals surface area contributed by atoms with Crippen LogP contribution in [0.25, 0.3) is 0 Å². The Morgan fingerprint density at radius 2 is 1.89 bits per heavy atom. The van der Waals surface area contributed by atoms with Gasteiger partial charge in [0.1, 0.15) is 11.5 Å². The molecule has 0 bridgehead atoms. The number of benzene rings is 1. The van der Waals surface area contributed by atoms with Gasteiger partial charge >= 0.3 is 0 Å². The molecule has 0 amide bonds. The molecule has 0 aliphatic carbocycles. The third kappa shape index (κ3) is 3.09. The monoisotopic (exact) mass is 271 g/mol. The van der Waals surface area contributed by atoms with Crippen LogP contribution in [-0.4, -0.2) is 27.3 Å². The highest BCUT2D eigenvalue weighted by molar-refractivity contribution is 5.85. The number of hydrogen-bond acceptors (Lipinski definition) is 3. The minimum Gasteiger partial charge on any atom is -0.496 e. The fourth-order valence-electron chi connectivity index (χ4n) is 2.51. The number of hydrogen-bond donors (Lipinski definition) is 1. The first-order chi connectivity index (χ1) is 8.26. The molecule has 1 aliphatic heterocycles. The summed E-state index contributed by atoms with van der Waals surface area (Å²) in [4.78, 5) is 0. The Labute approximate surface area is 115 Å². The van der Waals surface area contributed by atoms with Crippen molar-refractivity contribution in [2.24, 2.45) is 0 Å². The van der Waals surface area contributed by atoms with Crippen LogP contribution in [0.2, 0.25) is 0 Å². The van der Waals surface area contributed by atoms with E-state index in [1.165, 1.54) is 18.4 Å². The lowest BCUT2D eigenvalue weighted by atomic mass is 9.90. The minimum absolute atomic E-state index is 0. The third-order valence-corrected chi connectivity index (χ3v) is 3.48. The summed E-state index contributed by atoms with van der Waals surface area (Å²) < 4.78 is 10.9. The molecule has 1 N–H and O–H groups in total. The Balaban J connectivity index is 0.00000162. The van der Waals surface area contributed by atoms with E-state index >= 15 is 0 Å². The SMILES string of the molecule is COc1cc([C@@H]2CCCNC2)c(OC)cc1C.Cl. The van der Waals surface area contributed by atoms with Crippen LogP contribution in [0.1, 0.15) is 29.9 Å². The van der Waals surface area contributed by atoms with Crippen molar-refractivity contribution in [3.8, 4) is 11.5 Å². The van der Waals surface area contributed by atoms with Crippen molar-refractivity contribution in [3.05, 3.63) is 23.3 Å². The van der Waals surface area contributed by atoms with Crippen LogP contribution >= 0.6 is 12.4 Å². The van der Waals surface area contributed by atoms with Gasteiger partial charge in [0.25, 0.3) is 0 Å². The quantitative estimate of drug-likeness (QED) is 0.917. The summed E-state index contributed by atoms with van der Waals surface area (Å²) >= 11 is 0. The van der Waals surface area contributed by atoms with E-state index in [0.717, 1.165) is 30.2 Å². The summed E-state index contributed by atoms with van der Waals surface area (Å²) in [6.07, 6.45) is 2.44. The largest absolute Gasteiger partial charge is 0.496 e. The minimum atomic E-state index is 0. The molecule has 2 rings (SSSR count). The maximum Gasteiger partial charge on any atom is 0.122 e. The van der Waals surface area contributed by atoms with E-state index < -0.39 is 0 Å². The lowest BCUT2D eigenvalue weighted by molar-refractivity contribution is 0.382. The number of halogens is 1. The maximum absolute atomic E-state index is 5.50. The summed E-state index contributed by atoms with van der Waals surface area (Å²) in [6, 6.07) is 4.20. The lowest BCUT2D eigenvalue weighted by Crippen LogP contribution is -2.28. The van der Waals surface area contributed by atoms with Crippen LogP contribution in [0.5, 0.6) is 11.5 Å². The number of methoxy groups -OCH3 is 2. The molecule has 3 nitrogen and oxygen atoms in total. The van der Waals surface area contributed by atoms with Crippen molar-refractivity contribution in [2.75, 3.05) is 27.3 Å². The van der Waals surface area contributed by atoms with E-state index in [4.69, 9.17) is 9.47 Å². The van der Waals surface area contributed by atoms with Crippen LogP contribution in [0.15, 0.2) is 12.1 Å². The van der Waals surface area contributed by atoms with Gasteiger partial charge in [-0.1, -0.05) is 0 Å². The molecule has 1 heterocycles. The molecular formula is C14H22ClNO2. The molecule has 1 aromatic carbocycles. The summed E-state index contributed by atoms with van der Waals surface area (Å²) in [5, 5.41) is 3.44. The highest BCUT2D eigenvalue weighted by Gasteiger charge is 2.20. The van der Waals surface area contributed by atoms with E-state index in [0.29, 0.717) is 5.92 Å². The van der Waals surface area contributed by atoms with Crippen molar-refractivity contribution in [1.82, 2.24) is 5.32 Å². The summed E-state index contributed by atoms with van der Waals surface area (Å²) in [5.41, 5.74) is 2.39. The lowest BCUT2D eigenvalue weighted by Gasteiger charge is -2.25. The molecule has 1 saturated heterocycles. The van der Waals surface area contributed by atoms with Crippen molar-refractivity contribution in [2.45, 2.75) is 25.7 Å². The molecule has 0 radical (unpaired) electrons. The highest BCUT2D eigenvalue weighted by atomic mass is 35.5. The van der Waals surface area contributed by atoms with Crippen LogP contribution in [0, 0.1) is 6.92 Å². The molecular weight excluding hydrogens is 250 g/mol. The fraction of sp³-hybridized carbons (Fsp3) is 0.571. The zero-order valence-corrected chi connectivity index (χ0v) is 12.1. The first kappa shape index (κ1) is 15.1. The van der Waals surface area contributed by atoms with Gasteiger partial charge in [-0.15, -0.1) is 12.4 Å². The second-order valence-corrected chi connectivity index (χ2v) is 4.61. The number of ether oxygens (including phenoxy) is 2. The van der Waals surface area contributed by atoms with Crippen LogP contribution < -0.4 is 14.8 Å². The number of piperidine rings is 1. The molecule has 18 heavy (non-hydrogen) atoms. The molecule has 4 heteroatoms. The van der Waals surface area contributed by atoms with Gasteiger partial charge in [0.15, 0.2) is 0 Å². The Bertz CT molecular complexity index is 390. The topological polar surface area (TPSA) is 30.5 Å². The molecule has 1 atom stereocenters. The van der Waals surface area contributed by atoms with E-state index in [1.54, 1.807) is 14.2 Å². The van der Waals surface area contributed by atoms with E-state index in [1.807, 2.05) is 6.92 Å². The zero-order chi connectivity index (χ0) is 12.3. The van der Waals surface area contributed by atoms with Gasteiger partial charge in [-0.2, -0.15) is 0 Å². The average molecular weight is 272 g/mol. The van der Waals surface area contributed by atoms with Gasteiger partial charge in [-0.3, -0.25) is 0 Å². The van der Waals surface area contributed by atoms with E-state index in [2.05, 4.69) is 17.4 Å². The first-order valence-electron chi connectivity index (χ1n) is 6.19. The molecule has 0 saturated carbocycles. The number of aryl methyl sites for hydroxylation is 1. The standard InChI is InChI=1S/C14H21NO2.ClH/c1-10-7-14(17-3)12(8-13(10)16-2)11-5-4-6-15-9-11;/h7-8,11,15H,4-6,9H2,1-3H3;1H/t11-;/m1./s1. The third-order valence-electron chi connectivity index (χ3n) is 3.48. The van der Waals surface area contributed by atoms with E-state index in [9.17, 15) is 0 Å². The van der Waals surface area contributed by atoms with Crippen molar-refractivity contribution >= 4 is 12.4 Å². The first-order valence-corrected chi connectivity index (χ1v) is 6.19. The van der Waals surface area contributed by atoms with Crippen LogP contribution in [-0.2, 0) is 0 Å². The van der Waals surface area contributed by atoms with Gasteiger partial charge in [0.05, 0.1) is 14.2 Å². The second-order valence-electron chi connectivity index (χ2n) is 4.61. The van der Waals surface area contributed by atoms with Gasteiger partial charge < -0.3 is 14.8 Å². The predicted molar refractivity (Wildman–Crippen MR) is 76.4 cm³/mol. The van der Waals surface area contributed by atoms with Gasteiger partial charge in [0.2, 0.25) is 0 Å².